The van der Waals surface area contributed by atoms with Gasteiger partial charge in [0, 0.05) is 10.8 Å². The van der Waals surface area contributed by atoms with Gasteiger partial charge in [0.1, 0.15) is 5.36 Å². The molecule has 0 saturated carbocycles. The van der Waals surface area contributed by atoms with Crippen molar-refractivity contribution >= 4 is 18.0 Å². The van der Waals surface area contributed by atoms with Crippen LogP contribution in [0.5, 0.6) is 0 Å². The number of rotatable bonds is 0. The summed E-state index contributed by atoms with van der Waals surface area (Å²) in [6, 6.07) is 4.00. The van der Waals surface area contributed by atoms with Gasteiger partial charge in [0.25, 0.3) is 0 Å². The van der Waals surface area contributed by atoms with Crippen molar-refractivity contribution in [2.75, 3.05) is 0 Å². The molecule has 1 aliphatic carbocycles. The number of benzene rings is 1. The molecule has 0 spiro atoms. The molecule has 1 aromatic carbocycles. The van der Waals surface area contributed by atoms with Crippen LogP contribution in [0.1, 0.15) is 11.1 Å². The third-order valence-corrected chi connectivity index (χ3v) is 2.32. The molecule has 13 heavy (non-hydrogen) atoms. The summed E-state index contributed by atoms with van der Waals surface area (Å²) in [7, 11) is 0. The number of allylic oxidation sites excluding steroid dienone is 1. The molecule has 0 radical (unpaired) electrons. The Morgan fingerprint density at radius 2 is 2.08 bits per heavy atom. The number of hydrogen-bond acceptors (Lipinski definition) is 3. The smallest absolute Gasteiger partial charge is 0.155 e. The van der Waals surface area contributed by atoms with E-state index in [4.69, 9.17) is 5.73 Å². The fourth-order valence-corrected chi connectivity index (χ4v) is 1.66. The Hall–Kier alpha value is -1.90. The van der Waals surface area contributed by atoms with E-state index in [1.807, 2.05) is 24.3 Å². The Morgan fingerprint density at radius 3 is 3.00 bits per heavy atom. The molecule has 3 nitrogen and oxygen atoms in total. The largest absolute Gasteiger partial charge is 0.382 e. The predicted molar refractivity (Wildman–Crippen MR) is 51.4 cm³/mol. The second-order valence-corrected chi connectivity index (χ2v) is 3.08. The Bertz CT molecular complexity index is 565. The Balaban J connectivity index is 2.50. The first-order chi connectivity index (χ1) is 6.36. The van der Waals surface area contributed by atoms with Crippen LogP contribution in [-0.4, -0.2) is 5.84 Å². The highest BCUT2D eigenvalue weighted by molar-refractivity contribution is 5.98. The van der Waals surface area contributed by atoms with Crippen molar-refractivity contribution in [3.8, 4) is 0 Å². The van der Waals surface area contributed by atoms with Crippen LogP contribution in [0.3, 0.4) is 0 Å². The van der Waals surface area contributed by atoms with Crippen LogP contribution in [0.2, 0.25) is 0 Å². The van der Waals surface area contributed by atoms with Gasteiger partial charge in [-0.2, -0.15) is 0 Å². The monoisotopic (exact) mass is 169 g/mol. The summed E-state index contributed by atoms with van der Waals surface area (Å²) in [4.78, 5) is 0. The van der Waals surface area contributed by atoms with Gasteiger partial charge in [-0.15, -0.1) is 10.2 Å². The summed E-state index contributed by atoms with van der Waals surface area (Å²) >= 11 is 0. The first kappa shape index (κ1) is 6.60. The van der Waals surface area contributed by atoms with Crippen molar-refractivity contribution in [1.29, 1.82) is 0 Å². The van der Waals surface area contributed by atoms with E-state index in [0.29, 0.717) is 5.84 Å². The third-order valence-electron chi connectivity index (χ3n) is 2.32. The van der Waals surface area contributed by atoms with E-state index in [-0.39, 0.29) is 0 Å². The van der Waals surface area contributed by atoms with Crippen LogP contribution in [0.4, 0.5) is 0 Å². The molecule has 2 aliphatic rings. The second-order valence-electron chi connectivity index (χ2n) is 3.08. The molecule has 62 valence electrons. The highest BCUT2D eigenvalue weighted by Crippen LogP contribution is 2.04. The quantitative estimate of drug-likeness (QED) is 0.572. The molecule has 3 heteroatoms. The Kier molecular flexibility index (Phi) is 1.05. The highest BCUT2D eigenvalue weighted by Gasteiger charge is 2.11. The van der Waals surface area contributed by atoms with Crippen molar-refractivity contribution in [2.24, 2.45) is 15.9 Å². The number of nitrogens with two attached hydrogens (primary N) is 1. The zero-order chi connectivity index (χ0) is 8.84. The van der Waals surface area contributed by atoms with E-state index < -0.39 is 0 Å². The zero-order valence-corrected chi connectivity index (χ0v) is 6.86. The average Bonchev–Trinajstić information content (AvgIpc) is 2.70. The van der Waals surface area contributed by atoms with Crippen LogP contribution >= 0.6 is 0 Å². The summed E-state index contributed by atoms with van der Waals surface area (Å²) in [6.07, 6.45) is 6.10. The van der Waals surface area contributed by atoms with Gasteiger partial charge in [0.15, 0.2) is 5.84 Å². The summed E-state index contributed by atoms with van der Waals surface area (Å²) < 4.78 is 0. The van der Waals surface area contributed by atoms with Crippen LogP contribution in [-0.2, 0) is 0 Å². The molecule has 0 unspecified atom stereocenters. The molecule has 0 amide bonds. The number of fused-ring (bicyclic) bond motifs is 3. The van der Waals surface area contributed by atoms with Crippen molar-refractivity contribution in [3.63, 3.8) is 0 Å². The maximum atomic E-state index is 5.66. The number of amidine groups is 1. The van der Waals surface area contributed by atoms with E-state index in [0.717, 1.165) is 16.1 Å². The molecule has 0 saturated heterocycles. The average molecular weight is 169 g/mol. The number of hydrogen-bond donors (Lipinski definition) is 1. The zero-order valence-electron chi connectivity index (χ0n) is 6.86. The number of nitrogens with zero attached hydrogens (tertiary/aromatic N) is 2. The maximum Gasteiger partial charge on any atom is 0.155 e. The predicted octanol–water partition coefficient (Wildman–Crippen LogP) is -0.253. The molecular formula is C10H7N3. The van der Waals surface area contributed by atoms with Crippen LogP contribution in [0.25, 0.3) is 12.2 Å². The summed E-state index contributed by atoms with van der Waals surface area (Å²) in [5.74, 6) is 0.512. The van der Waals surface area contributed by atoms with E-state index in [1.165, 1.54) is 5.56 Å². The lowest BCUT2D eigenvalue weighted by Crippen LogP contribution is -2.31. The SMILES string of the molecule is NC1=NN=c2c1ccc1c2=CC=C1. The molecule has 0 fully saturated rings. The van der Waals surface area contributed by atoms with Gasteiger partial charge in [-0.25, -0.2) is 0 Å². The molecule has 1 aromatic rings. The minimum absolute atomic E-state index is 0.512. The van der Waals surface area contributed by atoms with Gasteiger partial charge in [0.2, 0.25) is 0 Å². The minimum atomic E-state index is 0.512. The highest BCUT2D eigenvalue weighted by atomic mass is 15.2. The fourth-order valence-electron chi connectivity index (χ4n) is 1.66. The summed E-state index contributed by atoms with van der Waals surface area (Å²) in [5.41, 5.74) is 7.79. The minimum Gasteiger partial charge on any atom is -0.382 e. The molecular weight excluding hydrogens is 162 g/mol. The summed E-state index contributed by atoms with van der Waals surface area (Å²) in [6.45, 7) is 0. The van der Waals surface area contributed by atoms with Gasteiger partial charge in [-0.3, -0.25) is 0 Å². The standard InChI is InChI=1S/C10H7N3/c11-10-8-5-4-6-2-1-3-7(6)9(8)12-13-10/h1-5H,(H2,11,13). The third kappa shape index (κ3) is 0.731. The second kappa shape index (κ2) is 2.07. The van der Waals surface area contributed by atoms with Crippen LogP contribution in [0.15, 0.2) is 28.4 Å². The van der Waals surface area contributed by atoms with Crippen molar-refractivity contribution in [3.05, 3.63) is 39.9 Å². The lowest BCUT2D eigenvalue weighted by atomic mass is 10.1. The van der Waals surface area contributed by atoms with E-state index in [1.54, 1.807) is 0 Å². The van der Waals surface area contributed by atoms with Gasteiger partial charge in [-0.1, -0.05) is 24.3 Å². The Morgan fingerprint density at radius 1 is 1.15 bits per heavy atom. The lowest BCUT2D eigenvalue weighted by molar-refractivity contribution is 1.16. The molecule has 3 rings (SSSR count). The molecule has 0 bridgehead atoms. The molecule has 0 aromatic heterocycles. The first-order valence-electron chi connectivity index (χ1n) is 4.09. The molecule has 1 heterocycles. The van der Waals surface area contributed by atoms with Crippen molar-refractivity contribution in [1.82, 2.24) is 0 Å². The van der Waals surface area contributed by atoms with Gasteiger partial charge >= 0.3 is 0 Å². The molecule has 2 N–H and O–H groups in total. The van der Waals surface area contributed by atoms with Gasteiger partial charge in [-0.05, 0) is 11.6 Å². The van der Waals surface area contributed by atoms with E-state index in [9.17, 15) is 0 Å². The van der Waals surface area contributed by atoms with Crippen LogP contribution < -0.4 is 16.3 Å². The van der Waals surface area contributed by atoms with Gasteiger partial charge in [0.05, 0.1) is 0 Å². The normalized spacial score (nSPS) is 15.8. The first-order valence-corrected chi connectivity index (χ1v) is 4.09. The molecule has 0 atom stereocenters. The topological polar surface area (TPSA) is 50.7 Å². The summed E-state index contributed by atoms with van der Waals surface area (Å²) in [5, 5.41) is 9.93. The lowest BCUT2D eigenvalue weighted by Gasteiger charge is -1.95. The van der Waals surface area contributed by atoms with E-state index in [2.05, 4.69) is 16.3 Å². The van der Waals surface area contributed by atoms with E-state index >= 15 is 0 Å². The fraction of sp³-hybridized carbons (Fsp3) is 0. The molecule has 1 aliphatic heterocycles. The van der Waals surface area contributed by atoms with Gasteiger partial charge < -0.3 is 5.73 Å². The Labute approximate surface area is 74.6 Å². The van der Waals surface area contributed by atoms with Crippen molar-refractivity contribution in [2.45, 2.75) is 0 Å². The van der Waals surface area contributed by atoms with Crippen LogP contribution in [0, 0.1) is 0 Å². The maximum absolute atomic E-state index is 5.66. The van der Waals surface area contributed by atoms with Crippen molar-refractivity contribution < 1.29 is 0 Å².